The summed E-state index contributed by atoms with van der Waals surface area (Å²) < 4.78 is 0. The number of hydrogen-bond donors (Lipinski definition) is 1. The summed E-state index contributed by atoms with van der Waals surface area (Å²) in [6, 6.07) is 2.01. The molecule has 1 fully saturated rings. The first-order valence-electron chi connectivity index (χ1n) is 5.72. The van der Waals surface area contributed by atoms with Gasteiger partial charge in [-0.25, -0.2) is 0 Å². The topological polar surface area (TPSA) is 71.3 Å². The second kappa shape index (κ2) is 5.09. The first-order chi connectivity index (χ1) is 8.20. The SMILES string of the molecule is CN(c1ccncc1[N+](=O)[O-])C1CCCNC1. The molecule has 1 N–H and O–H groups in total. The first-order valence-corrected chi connectivity index (χ1v) is 5.72. The third kappa shape index (κ3) is 2.52. The zero-order valence-corrected chi connectivity index (χ0v) is 9.80. The Hall–Kier alpha value is -1.69. The van der Waals surface area contributed by atoms with E-state index in [0.29, 0.717) is 11.7 Å². The van der Waals surface area contributed by atoms with Gasteiger partial charge < -0.3 is 10.2 Å². The van der Waals surface area contributed by atoms with Crippen LogP contribution in [0.25, 0.3) is 0 Å². The van der Waals surface area contributed by atoms with Crippen LogP contribution in [0.15, 0.2) is 18.5 Å². The van der Waals surface area contributed by atoms with E-state index in [4.69, 9.17) is 0 Å². The van der Waals surface area contributed by atoms with Crippen molar-refractivity contribution in [1.82, 2.24) is 10.3 Å². The summed E-state index contributed by atoms with van der Waals surface area (Å²) in [6.07, 6.45) is 5.06. The maximum absolute atomic E-state index is 10.9. The molecule has 0 aliphatic carbocycles. The molecule has 0 saturated carbocycles. The Balaban J connectivity index is 2.23. The molecule has 1 aliphatic rings. The molecular weight excluding hydrogens is 220 g/mol. The molecular formula is C11H16N4O2. The maximum Gasteiger partial charge on any atom is 0.310 e. The van der Waals surface area contributed by atoms with Crippen LogP contribution >= 0.6 is 0 Å². The highest BCUT2D eigenvalue weighted by molar-refractivity contribution is 5.61. The number of aromatic nitrogens is 1. The standard InChI is InChI=1S/C11H16N4O2/c1-14(9-3-2-5-12-7-9)10-4-6-13-8-11(10)15(16)17/h4,6,8-9,12H,2-3,5,7H2,1H3. The van der Waals surface area contributed by atoms with Crippen LogP contribution in [0.1, 0.15) is 12.8 Å². The van der Waals surface area contributed by atoms with Crippen LogP contribution in [-0.4, -0.2) is 36.1 Å². The number of nitrogens with one attached hydrogen (secondary N) is 1. The Labute approximate surface area is 99.8 Å². The van der Waals surface area contributed by atoms with Crippen LogP contribution < -0.4 is 10.2 Å². The van der Waals surface area contributed by atoms with E-state index < -0.39 is 0 Å². The molecule has 92 valence electrons. The van der Waals surface area contributed by atoms with Crippen molar-refractivity contribution in [3.8, 4) is 0 Å². The predicted molar refractivity (Wildman–Crippen MR) is 65.2 cm³/mol. The van der Waals surface area contributed by atoms with E-state index in [1.165, 1.54) is 6.20 Å². The van der Waals surface area contributed by atoms with Gasteiger partial charge in [-0.3, -0.25) is 15.1 Å². The van der Waals surface area contributed by atoms with E-state index in [1.807, 2.05) is 11.9 Å². The summed E-state index contributed by atoms with van der Waals surface area (Å²) >= 11 is 0. The number of piperidine rings is 1. The zero-order valence-electron chi connectivity index (χ0n) is 9.80. The average molecular weight is 236 g/mol. The van der Waals surface area contributed by atoms with Gasteiger partial charge in [-0.05, 0) is 25.5 Å². The highest BCUT2D eigenvalue weighted by atomic mass is 16.6. The summed E-state index contributed by atoms with van der Waals surface area (Å²) in [4.78, 5) is 16.3. The van der Waals surface area contributed by atoms with E-state index in [9.17, 15) is 10.1 Å². The van der Waals surface area contributed by atoms with Crippen molar-refractivity contribution in [2.45, 2.75) is 18.9 Å². The Morgan fingerprint density at radius 3 is 3.12 bits per heavy atom. The van der Waals surface area contributed by atoms with Crippen molar-refractivity contribution in [2.75, 3.05) is 25.0 Å². The van der Waals surface area contributed by atoms with Crippen molar-refractivity contribution in [1.29, 1.82) is 0 Å². The summed E-state index contributed by atoms with van der Waals surface area (Å²) in [5.41, 5.74) is 0.708. The van der Waals surface area contributed by atoms with E-state index in [0.717, 1.165) is 25.9 Å². The summed E-state index contributed by atoms with van der Waals surface area (Å²) in [7, 11) is 1.90. The minimum atomic E-state index is -0.380. The minimum Gasteiger partial charge on any atom is -0.365 e. The molecule has 1 saturated heterocycles. The van der Waals surface area contributed by atoms with Gasteiger partial charge in [0.1, 0.15) is 11.9 Å². The molecule has 1 aromatic heterocycles. The molecule has 0 radical (unpaired) electrons. The molecule has 0 bridgehead atoms. The fourth-order valence-corrected chi connectivity index (χ4v) is 2.18. The van der Waals surface area contributed by atoms with Crippen LogP contribution in [0, 0.1) is 10.1 Å². The predicted octanol–water partition coefficient (Wildman–Crippen LogP) is 1.18. The second-order valence-electron chi connectivity index (χ2n) is 4.23. The molecule has 1 aromatic rings. The van der Waals surface area contributed by atoms with Gasteiger partial charge in [0.25, 0.3) is 0 Å². The fraction of sp³-hybridized carbons (Fsp3) is 0.545. The lowest BCUT2D eigenvalue weighted by atomic mass is 10.1. The molecule has 0 amide bonds. The van der Waals surface area contributed by atoms with Gasteiger partial charge >= 0.3 is 5.69 Å². The number of rotatable bonds is 3. The summed E-state index contributed by atoms with van der Waals surface area (Å²) in [5, 5.41) is 14.2. The van der Waals surface area contributed by atoms with Crippen molar-refractivity contribution in [2.24, 2.45) is 0 Å². The lowest BCUT2D eigenvalue weighted by Gasteiger charge is -2.32. The smallest absolute Gasteiger partial charge is 0.310 e. The molecule has 2 heterocycles. The molecule has 17 heavy (non-hydrogen) atoms. The molecule has 6 heteroatoms. The number of nitrogens with zero attached hydrogens (tertiary/aromatic N) is 3. The largest absolute Gasteiger partial charge is 0.365 e. The normalized spacial score (nSPS) is 19.9. The molecule has 0 aromatic carbocycles. The summed E-state index contributed by atoms with van der Waals surface area (Å²) in [5.74, 6) is 0. The van der Waals surface area contributed by atoms with Crippen molar-refractivity contribution in [3.05, 3.63) is 28.6 Å². The highest BCUT2D eigenvalue weighted by Crippen LogP contribution is 2.28. The van der Waals surface area contributed by atoms with Gasteiger partial charge in [0, 0.05) is 25.8 Å². The van der Waals surface area contributed by atoms with Gasteiger partial charge in [0.2, 0.25) is 0 Å². The van der Waals surface area contributed by atoms with Gasteiger partial charge in [0.05, 0.1) is 4.92 Å². The highest BCUT2D eigenvalue weighted by Gasteiger charge is 2.23. The Bertz CT molecular complexity index is 404. The lowest BCUT2D eigenvalue weighted by Crippen LogP contribution is -2.44. The van der Waals surface area contributed by atoms with Gasteiger partial charge in [-0.2, -0.15) is 0 Å². The molecule has 6 nitrogen and oxygen atoms in total. The van der Waals surface area contributed by atoms with Gasteiger partial charge in [-0.1, -0.05) is 0 Å². The number of nitro groups is 1. The van der Waals surface area contributed by atoms with E-state index in [2.05, 4.69) is 10.3 Å². The van der Waals surface area contributed by atoms with Crippen molar-refractivity contribution < 1.29 is 4.92 Å². The van der Waals surface area contributed by atoms with Crippen LogP contribution in [0.3, 0.4) is 0 Å². The van der Waals surface area contributed by atoms with Crippen LogP contribution in [0.2, 0.25) is 0 Å². The number of likely N-dealkylation sites (N-methyl/N-ethyl adjacent to an activating group) is 1. The Kier molecular flexibility index (Phi) is 3.53. The minimum absolute atomic E-state index is 0.0700. The fourth-order valence-electron chi connectivity index (χ4n) is 2.18. The van der Waals surface area contributed by atoms with Gasteiger partial charge in [-0.15, -0.1) is 0 Å². The molecule has 1 atom stereocenters. The number of anilines is 1. The third-order valence-corrected chi connectivity index (χ3v) is 3.17. The van der Waals surface area contributed by atoms with Crippen molar-refractivity contribution in [3.63, 3.8) is 0 Å². The monoisotopic (exact) mass is 236 g/mol. The van der Waals surface area contributed by atoms with E-state index >= 15 is 0 Å². The summed E-state index contributed by atoms with van der Waals surface area (Å²) in [6.45, 7) is 1.90. The van der Waals surface area contributed by atoms with E-state index in [1.54, 1.807) is 12.3 Å². The van der Waals surface area contributed by atoms with Gasteiger partial charge in [0.15, 0.2) is 0 Å². The zero-order chi connectivity index (χ0) is 12.3. The number of hydrogen-bond acceptors (Lipinski definition) is 5. The molecule has 1 aliphatic heterocycles. The van der Waals surface area contributed by atoms with Crippen LogP contribution in [0.4, 0.5) is 11.4 Å². The Morgan fingerprint density at radius 1 is 1.65 bits per heavy atom. The lowest BCUT2D eigenvalue weighted by molar-refractivity contribution is -0.384. The van der Waals surface area contributed by atoms with Crippen molar-refractivity contribution >= 4 is 11.4 Å². The second-order valence-corrected chi connectivity index (χ2v) is 4.23. The average Bonchev–Trinajstić information content (AvgIpc) is 2.39. The third-order valence-electron chi connectivity index (χ3n) is 3.17. The van der Waals surface area contributed by atoms with Crippen LogP contribution in [0.5, 0.6) is 0 Å². The Morgan fingerprint density at radius 2 is 2.47 bits per heavy atom. The maximum atomic E-state index is 10.9. The molecule has 1 unspecified atom stereocenters. The number of pyridine rings is 1. The molecule has 0 spiro atoms. The van der Waals surface area contributed by atoms with Crippen LogP contribution in [-0.2, 0) is 0 Å². The van der Waals surface area contributed by atoms with E-state index in [-0.39, 0.29) is 10.6 Å². The molecule has 2 rings (SSSR count). The quantitative estimate of drug-likeness (QED) is 0.630. The first kappa shape index (κ1) is 11.8.